The van der Waals surface area contributed by atoms with Gasteiger partial charge in [0.05, 0.1) is 19.4 Å². The van der Waals surface area contributed by atoms with Crippen LogP contribution in [0.3, 0.4) is 0 Å². The van der Waals surface area contributed by atoms with Gasteiger partial charge in [-0.05, 0) is 17.7 Å². The smallest absolute Gasteiger partial charge is 0.288 e. The lowest BCUT2D eigenvalue weighted by atomic mass is 10.0. The number of aromatic nitrogens is 2. The van der Waals surface area contributed by atoms with E-state index in [2.05, 4.69) is 15.6 Å². The van der Waals surface area contributed by atoms with Crippen LogP contribution in [0.15, 0.2) is 41.0 Å². The zero-order chi connectivity index (χ0) is 26.5. The second-order valence-corrected chi connectivity index (χ2v) is 8.10. The molecule has 0 radical (unpaired) electrons. The van der Waals surface area contributed by atoms with Gasteiger partial charge in [-0.2, -0.15) is 0 Å². The van der Waals surface area contributed by atoms with Crippen LogP contribution in [0.1, 0.15) is 21.5 Å². The number of pyridine rings is 2. The molecule has 0 atom stereocenters. The molecule has 4 rings (SSSR count). The van der Waals surface area contributed by atoms with Crippen LogP contribution >= 0.6 is 0 Å². The van der Waals surface area contributed by atoms with Gasteiger partial charge in [-0.1, -0.05) is 12.1 Å². The summed E-state index contributed by atoms with van der Waals surface area (Å²) in [5, 5.41) is 16.0. The van der Waals surface area contributed by atoms with E-state index < -0.39 is 34.5 Å². The molecule has 3 heterocycles. The van der Waals surface area contributed by atoms with Gasteiger partial charge in [0.25, 0.3) is 17.4 Å². The van der Waals surface area contributed by atoms with E-state index in [1.807, 2.05) is 0 Å². The number of ether oxygens (including phenoxy) is 3. The van der Waals surface area contributed by atoms with Gasteiger partial charge >= 0.3 is 0 Å². The number of hydrogen-bond acceptors (Lipinski definition) is 8. The first-order valence-corrected chi connectivity index (χ1v) is 11.3. The van der Waals surface area contributed by atoms with E-state index in [1.54, 1.807) is 12.1 Å². The molecule has 0 spiro atoms. The molecule has 2 aromatic heterocycles. The van der Waals surface area contributed by atoms with E-state index in [0.29, 0.717) is 5.56 Å². The van der Waals surface area contributed by atoms with Crippen LogP contribution in [0.5, 0.6) is 11.5 Å². The molecular formula is C25H25FN4O7. The van der Waals surface area contributed by atoms with Crippen molar-refractivity contribution in [3.05, 3.63) is 69.1 Å². The minimum absolute atomic E-state index is 0.0653. The van der Waals surface area contributed by atoms with E-state index in [1.165, 1.54) is 32.5 Å². The number of nitrogens with one attached hydrogen (secondary N) is 2. The van der Waals surface area contributed by atoms with Crippen molar-refractivity contribution >= 4 is 29.0 Å². The lowest BCUT2D eigenvalue weighted by molar-refractivity contribution is -0.119. The van der Waals surface area contributed by atoms with Crippen molar-refractivity contribution in [1.82, 2.24) is 20.2 Å². The number of carbonyl (C=O) groups excluding carboxylic acids is 2. The summed E-state index contributed by atoms with van der Waals surface area (Å²) in [5.74, 6) is -2.57. The predicted molar refractivity (Wildman–Crippen MR) is 131 cm³/mol. The molecule has 1 aromatic carbocycles. The fourth-order valence-electron chi connectivity index (χ4n) is 3.82. The Morgan fingerprint density at radius 2 is 1.73 bits per heavy atom. The van der Waals surface area contributed by atoms with Crippen molar-refractivity contribution in [1.29, 1.82) is 0 Å². The highest BCUT2D eigenvalue weighted by molar-refractivity contribution is 6.04. The summed E-state index contributed by atoms with van der Waals surface area (Å²) in [6.07, 6.45) is 2.79. The molecule has 0 unspecified atom stereocenters. The van der Waals surface area contributed by atoms with Crippen LogP contribution in [0.2, 0.25) is 0 Å². The Balaban J connectivity index is 1.86. The van der Waals surface area contributed by atoms with Crippen molar-refractivity contribution in [2.45, 2.75) is 6.42 Å². The van der Waals surface area contributed by atoms with E-state index in [9.17, 15) is 23.9 Å². The summed E-state index contributed by atoms with van der Waals surface area (Å²) in [6, 6.07) is 5.78. The number of halogens is 1. The first kappa shape index (κ1) is 25.8. The fraction of sp³-hybridized carbons (Fsp3) is 0.280. The third kappa shape index (κ3) is 5.29. The average Bonchev–Trinajstić information content (AvgIpc) is 2.89. The number of benzene rings is 1. The summed E-state index contributed by atoms with van der Waals surface area (Å²) in [4.78, 5) is 43.3. The molecule has 194 valence electrons. The summed E-state index contributed by atoms with van der Waals surface area (Å²) in [7, 11) is 2.94. The Kier molecular flexibility index (Phi) is 7.80. The van der Waals surface area contributed by atoms with Crippen LogP contribution in [0.4, 0.5) is 4.39 Å². The first-order chi connectivity index (χ1) is 17.8. The van der Waals surface area contributed by atoms with E-state index >= 15 is 0 Å². The second kappa shape index (κ2) is 11.2. The molecule has 2 amide bonds. The topological polar surface area (TPSA) is 141 Å². The van der Waals surface area contributed by atoms with E-state index in [0.717, 1.165) is 16.3 Å². The van der Waals surface area contributed by atoms with Gasteiger partial charge in [0, 0.05) is 45.5 Å². The Morgan fingerprint density at radius 3 is 2.38 bits per heavy atom. The molecule has 12 heteroatoms. The van der Waals surface area contributed by atoms with Gasteiger partial charge in [0.15, 0.2) is 11.5 Å². The quantitative estimate of drug-likeness (QED) is 0.344. The zero-order valence-corrected chi connectivity index (χ0v) is 20.2. The average molecular weight is 512 g/mol. The van der Waals surface area contributed by atoms with Crippen molar-refractivity contribution in [3.8, 4) is 11.5 Å². The monoisotopic (exact) mass is 512 g/mol. The molecule has 1 aliphatic heterocycles. The third-order valence-electron chi connectivity index (χ3n) is 5.62. The third-order valence-corrected chi connectivity index (χ3v) is 5.62. The molecular weight excluding hydrogens is 487 g/mol. The van der Waals surface area contributed by atoms with Crippen molar-refractivity contribution < 1.29 is 33.3 Å². The molecule has 3 N–H and O–H groups in total. The van der Waals surface area contributed by atoms with Crippen molar-refractivity contribution in [2.75, 3.05) is 40.5 Å². The molecule has 3 aromatic rings. The number of aromatic hydroxyl groups is 1. The minimum Gasteiger partial charge on any atom is -0.505 e. The number of methoxy groups -OCH3 is 2. The van der Waals surface area contributed by atoms with Gasteiger partial charge in [0.2, 0.25) is 5.76 Å². The molecule has 11 nitrogen and oxygen atoms in total. The maximum absolute atomic E-state index is 13.4. The largest absolute Gasteiger partial charge is 0.505 e. The van der Waals surface area contributed by atoms with Crippen molar-refractivity contribution in [2.24, 2.45) is 0 Å². The SMILES string of the molecule is COCCNC(=O)C1=Cn2c(=O)c(C(=O)NCCOC)c(O)c3ncc(Cc4ccc(F)cc4)c(c32)O1. The Bertz CT molecular complexity index is 1430. The Hall–Kier alpha value is -4.29. The highest BCUT2D eigenvalue weighted by Gasteiger charge is 2.30. The predicted octanol–water partition coefficient (Wildman–Crippen LogP) is 1.16. The number of rotatable bonds is 10. The first-order valence-electron chi connectivity index (χ1n) is 11.3. The molecule has 0 fully saturated rings. The maximum Gasteiger partial charge on any atom is 0.288 e. The van der Waals surface area contributed by atoms with Crippen LogP contribution in [0.25, 0.3) is 17.2 Å². The number of carbonyl (C=O) groups is 2. The normalized spacial score (nSPS) is 12.1. The molecule has 0 saturated carbocycles. The summed E-state index contributed by atoms with van der Waals surface area (Å²) < 4.78 is 30.2. The van der Waals surface area contributed by atoms with Gasteiger partial charge in [0.1, 0.15) is 22.4 Å². The molecule has 0 bridgehead atoms. The minimum atomic E-state index is -0.868. The summed E-state index contributed by atoms with van der Waals surface area (Å²) in [6.45, 7) is 0.746. The highest BCUT2D eigenvalue weighted by atomic mass is 19.1. The number of amides is 2. The molecule has 0 aliphatic carbocycles. The van der Waals surface area contributed by atoms with Crippen LogP contribution in [-0.2, 0) is 20.7 Å². The standard InChI is InChI=1S/C25H25FN4O7/c1-35-9-7-27-23(32)17-13-30-20-19(21(31)18(25(30)34)24(33)28-8-10-36-2)29-12-15(22(20)37-17)11-14-3-5-16(26)6-4-14/h3-6,12-13,31H,7-11H2,1-2H3,(H,27,32)(H,28,33). The Labute approximate surface area is 210 Å². The lowest BCUT2D eigenvalue weighted by Crippen LogP contribution is -2.36. The van der Waals surface area contributed by atoms with Crippen LogP contribution in [-0.4, -0.2) is 67.0 Å². The van der Waals surface area contributed by atoms with Crippen molar-refractivity contribution in [3.63, 3.8) is 0 Å². The zero-order valence-electron chi connectivity index (χ0n) is 20.2. The van der Waals surface area contributed by atoms with Crippen LogP contribution < -0.4 is 20.9 Å². The van der Waals surface area contributed by atoms with E-state index in [-0.39, 0.29) is 55.3 Å². The highest BCUT2D eigenvalue weighted by Crippen LogP contribution is 2.38. The van der Waals surface area contributed by atoms with Crippen LogP contribution in [0, 0.1) is 5.82 Å². The van der Waals surface area contributed by atoms with Gasteiger partial charge in [-0.25, -0.2) is 4.39 Å². The Morgan fingerprint density at radius 1 is 1.08 bits per heavy atom. The van der Waals surface area contributed by atoms with Gasteiger partial charge in [-0.15, -0.1) is 0 Å². The molecule has 37 heavy (non-hydrogen) atoms. The molecule has 0 saturated heterocycles. The summed E-state index contributed by atoms with van der Waals surface area (Å²) >= 11 is 0. The maximum atomic E-state index is 13.4. The van der Waals surface area contributed by atoms with Gasteiger partial charge in [-0.3, -0.25) is 23.9 Å². The van der Waals surface area contributed by atoms with Gasteiger partial charge < -0.3 is 30.0 Å². The number of hydrogen-bond donors (Lipinski definition) is 3. The number of nitrogens with zero attached hydrogens (tertiary/aromatic N) is 2. The lowest BCUT2D eigenvalue weighted by Gasteiger charge is -2.23. The van der Waals surface area contributed by atoms with E-state index in [4.69, 9.17) is 14.2 Å². The molecule has 1 aliphatic rings. The summed E-state index contributed by atoms with van der Waals surface area (Å²) in [5.41, 5.74) is -0.194. The second-order valence-electron chi connectivity index (χ2n) is 8.10. The fourth-order valence-corrected chi connectivity index (χ4v) is 3.82.